The molecule has 0 saturated heterocycles. The highest BCUT2D eigenvalue weighted by Crippen LogP contribution is 2.38. The van der Waals surface area contributed by atoms with E-state index in [9.17, 15) is 9.90 Å². The first-order valence-electron chi connectivity index (χ1n) is 7.41. The number of carboxylic acid groups (broad SMARTS) is 1. The van der Waals surface area contributed by atoms with Gasteiger partial charge in [-0.25, -0.2) is 0 Å². The van der Waals surface area contributed by atoms with E-state index in [0.717, 1.165) is 14.9 Å². The van der Waals surface area contributed by atoms with E-state index in [1.54, 1.807) is 0 Å². The maximum absolute atomic E-state index is 11.6. The molecule has 1 heterocycles. The summed E-state index contributed by atoms with van der Waals surface area (Å²) in [5.74, 6) is -0.0973. The van der Waals surface area contributed by atoms with Crippen LogP contribution >= 0.6 is 27.3 Å². The molecule has 0 spiro atoms. The van der Waals surface area contributed by atoms with Gasteiger partial charge >= 0.3 is 5.97 Å². The van der Waals surface area contributed by atoms with Crippen molar-refractivity contribution in [1.82, 2.24) is 0 Å². The molecule has 0 aliphatic rings. The molecule has 0 aliphatic carbocycles. The van der Waals surface area contributed by atoms with Crippen molar-refractivity contribution in [2.75, 3.05) is 13.2 Å². The van der Waals surface area contributed by atoms with E-state index in [-0.39, 0.29) is 0 Å². The van der Waals surface area contributed by atoms with Crippen molar-refractivity contribution >= 4 is 33.2 Å². The van der Waals surface area contributed by atoms with E-state index in [1.165, 1.54) is 11.3 Å². The van der Waals surface area contributed by atoms with Gasteiger partial charge in [-0.15, -0.1) is 11.3 Å². The lowest BCUT2D eigenvalue weighted by Crippen LogP contribution is -2.13. The molecule has 1 unspecified atom stereocenters. The van der Waals surface area contributed by atoms with E-state index >= 15 is 0 Å². The summed E-state index contributed by atoms with van der Waals surface area (Å²) >= 11 is 4.95. The second-order valence-corrected chi connectivity index (χ2v) is 6.71. The van der Waals surface area contributed by atoms with Gasteiger partial charge in [-0.05, 0) is 65.3 Å². The second kappa shape index (κ2) is 8.36. The first-order valence-corrected chi connectivity index (χ1v) is 9.08. The number of benzene rings is 1. The number of ether oxygens (including phenoxy) is 2. The zero-order chi connectivity index (χ0) is 16.8. The Hall–Kier alpha value is -1.53. The Kier molecular flexibility index (Phi) is 6.47. The first-order chi connectivity index (χ1) is 11.1. The summed E-state index contributed by atoms with van der Waals surface area (Å²) in [6, 6.07) is 7.49. The molecule has 1 aromatic carbocycles. The molecule has 0 aliphatic heterocycles. The van der Waals surface area contributed by atoms with Crippen molar-refractivity contribution in [2.24, 2.45) is 0 Å². The predicted octanol–water partition coefficient (Wildman–Crippen LogP) is 4.72. The molecule has 2 rings (SSSR count). The quantitative estimate of drug-likeness (QED) is 0.698. The zero-order valence-electron chi connectivity index (χ0n) is 13.0. The minimum atomic E-state index is -0.824. The third-order valence-corrected chi connectivity index (χ3v) is 4.86. The van der Waals surface area contributed by atoms with E-state index in [0.29, 0.717) is 31.1 Å². The third kappa shape index (κ3) is 4.48. The average molecular weight is 399 g/mol. The van der Waals surface area contributed by atoms with Crippen LogP contribution in [0.3, 0.4) is 0 Å². The number of aliphatic carboxylic acids is 1. The van der Waals surface area contributed by atoms with E-state index in [2.05, 4.69) is 15.9 Å². The Morgan fingerprint density at radius 2 is 2.04 bits per heavy atom. The molecule has 1 N–H and O–H groups in total. The van der Waals surface area contributed by atoms with Gasteiger partial charge in [0.15, 0.2) is 11.5 Å². The molecule has 0 bridgehead atoms. The lowest BCUT2D eigenvalue weighted by molar-refractivity contribution is -0.138. The van der Waals surface area contributed by atoms with Gasteiger partial charge < -0.3 is 14.6 Å². The lowest BCUT2D eigenvalue weighted by Gasteiger charge is -2.16. The highest BCUT2D eigenvalue weighted by atomic mass is 79.9. The number of carbonyl (C=O) groups is 1. The Labute approximate surface area is 148 Å². The number of thiophene rings is 1. The minimum Gasteiger partial charge on any atom is -0.490 e. The van der Waals surface area contributed by atoms with Crippen LogP contribution in [0.4, 0.5) is 0 Å². The van der Waals surface area contributed by atoms with Crippen molar-refractivity contribution in [1.29, 1.82) is 0 Å². The fraction of sp³-hybridized carbons (Fsp3) is 0.353. The zero-order valence-corrected chi connectivity index (χ0v) is 15.4. The van der Waals surface area contributed by atoms with Crippen molar-refractivity contribution in [3.8, 4) is 11.5 Å². The molecule has 2 aromatic rings. The van der Waals surface area contributed by atoms with Crippen LogP contribution < -0.4 is 9.47 Å². The largest absolute Gasteiger partial charge is 0.490 e. The molecule has 0 fully saturated rings. The van der Waals surface area contributed by atoms with E-state index in [4.69, 9.17) is 9.47 Å². The predicted molar refractivity (Wildman–Crippen MR) is 94.9 cm³/mol. The summed E-state index contributed by atoms with van der Waals surface area (Å²) in [5.41, 5.74) is 0.893. The van der Waals surface area contributed by atoms with Crippen LogP contribution in [0.25, 0.3) is 0 Å². The number of halogens is 1. The summed E-state index contributed by atoms with van der Waals surface area (Å²) in [5, 5.41) is 11.4. The molecule has 0 radical (unpaired) electrons. The highest BCUT2D eigenvalue weighted by Gasteiger charge is 2.23. The SMILES string of the molecule is CCOc1cc(CC(C(=O)O)c2cccs2)cc(Br)c1OCC. The molecule has 1 aromatic heterocycles. The normalized spacial score (nSPS) is 12.0. The monoisotopic (exact) mass is 398 g/mol. The summed E-state index contributed by atoms with van der Waals surface area (Å²) < 4.78 is 12.0. The van der Waals surface area contributed by atoms with Crippen LogP contribution in [-0.4, -0.2) is 24.3 Å². The Morgan fingerprint density at radius 1 is 1.30 bits per heavy atom. The summed E-state index contributed by atoms with van der Waals surface area (Å²) in [7, 11) is 0. The molecular formula is C17H19BrO4S. The number of rotatable bonds is 8. The van der Waals surface area contributed by atoms with Gasteiger partial charge in [0.2, 0.25) is 0 Å². The molecule has 1 atom stereocenters. The van der Waals surface area contributed by atoms with Crippen LogP contribution in [0.2, 0.25) is 0 Å². The van der Waals surface area contributed by atoms with E-state index in [1.807, 2.05) is 43.5 Å². The molecule has 6 heteroatoms. The van der Waals surface area contributed by atoms with Crippen LogP contribution in [-0.2, 0) is 11.2 Å². The van der Waals surface area contributed by atoms with Gasteiger partial charge in [-0.1, -0.05) is 6.07 Å². The summed E-state index contributed by atoms with van der Waals surface area (Å²) in [6.45, 7) is 4.86. The topological polar surface area (TPSA) is 55.8 Å². The summed E-state index contributed by atoms with van der Waals surface area (Å²) in [4.78, 5) is 12.5. The molecule has 23 heavy (non-hydrogen) atoms. The number of hydrogen-bond acceptors (Lipinski definition) is 4. The maximum Gasteiger partial charge on any atom is 0.312 e. The Bertz CT molecular complexity index is 655. The minimum absolute atomic E-state index is 0.404. The number of hydrogen-bond donors (Lipinski definition) is 1. The van der Waals surface area contributed by atoms with Gasteiger partial charge in [0.1, 0.15) is 0 Å². The van der Waals surface area contributed by atoms with Crippen molar-refractivity contribution in [3.63, 3.8) is 0 Å². The van der Waals surface area contributed by atoms with Crippen LogP contribution in [0.5, 0.6) is 11.5 Å². The summed E-state index contributed by atoms with van der Waals surface area (Å²) in [6.07, 6.45) is 0.404. The standard InChI is InChI=1S/C17H19BrO4S/c1-3-21-14-10-11(9-13(18)16(14)22-4-2)8-12(17(19)20)15-6-5-7-23-15/h5-7,9-10,12H,3-4,8H2,1-2H3,(H,19,20). The van der Waals surface area contributed by atoms with Crippen molar-refractivity contribution in [2.45, 2.75) is 26.2 Å². The Morgan fingerprint density at radius 3 is 2.61 bits per heavy atom. The van der Waals surface area contributed by atoms with Crippen LogP contribution in [0.15, 0.2) is 34.1 Å². The molecule has 0 amide bonds. The smallest absolute Gasteiger partial charge is 0.312 e. The third-order valence-electron chi connectivity index (χ3n) is 3.28. The lowest BCUT2D eigenvalue weighted by atomic mass is 9.97. The van der Waals surface area contributed by atoms with E-state index < -0.39 is 11.9 Å². The van der Waals surface area contributed by atoms with Gasteiger partial charge in [-0.3, -0.25) is 4.79 Å². The van der Waals surface area contributed by atoms with Gasteiger partial charge in [0, 0.05) is 4.88 Å². The van der Waals surface area contributed by atoms with Crippen LogP contribution in [0.1, 0.15) is 30.2 Å². The second-order valence-electron chi connectivity index (χ2n) is 4.88. The average Bonchev–Trinajstić information content (AvgIpc) is 3.02. The van der Waals surface area contributed by atoms with Gasteiger partial charge in [0.05, 0.1) is 23.6 Å². The van der Waals surface area contributed by atoms with Crippen molar-refractivity contribution < 1.29 is 19.4 Å². The molecule has 0 saturated carbocycles. The van der Waals surface area contributed by atoms with Gasteiger partial charge in [0.25, 0.3) is 0 Å². The fourth-order valence-electron chi connectivity index (χ4n) is 2.32. The molecule has 4 nitrogen and oxygen atoms in total. The molecular weight excluding hydrogens is 380 g/mol. The Balaban J connectivity index is 2.33. The van der Waals surface area contributed by atoms with Crippen molar-refractivity contribution in [3.05, 3.63) is 44.6 Å². The number of carboxylic acids is 1. The first kappa shape index (κ1) is 17.8. The fourth-order valence-corrected chi connectivity index (χ4v) is 3.75. The van der Waals surface area contributed by atoms with Gasteiger partial charge in [-0.2, -0.15) is 0 Å². The highest BCUT2D eigenvalue weighted by molar-refractivity contribution is 9.10. The maximum atomic E-state index is 11.6. The molecule has 124 valence electrons. The van der Waals surface area contributed by atoms with Crippen LogP contribution in [0, 0.1) is 0 Å².